The van der Waals surface area contributed by atoms with E-state index >= 15 is 0 Å². The summed E-state index contributed by atoms with van der Waals surface area (Å²) in [5.74, 6) is 1.94. The summed E-state index contributed by atoms with van der Waals surface area (Å²) in [5, 5.41) is 17.4. The Kier molecular flexibility index (Phi) is 3.90. The van der Waals surface area contributed by atoms with Crippen molar-refractivity contribution in [3.63, 3.8) is 0 Å². The van der Waals surface area contributed by atoms with E-state index in [2.05, 4.69) is 44.3 Å². The van der Waals surface area contributed by atoms with Crippen LogP contribution in [0.25, 0.3) is 48.9 Å². The van der Waals surface area contributed by atoms with Crippen molar-refractivity contribution in [2.45, 2.75) is 0 Å². The molecule has 0 N–H and O–H groups in total. The molecule has 0 aliphatic rings. The number of rotatable bonds is 3. The first-order valence-electron chi connectivity index (χ1n) is 9.20. The number of fused-ring (bicyclic) bond motifs is 3. The van der Waals surface area contributed by atoms with Crippen LogP contribution in [-0.4, -0.2) is 26.9 Å². The zero-order chi connectivity index (χ0) is 20.2. The SMILES string of the molecule is COc1c(-c2nn3c(-c4cc5ccccc5o4)nnc3s2)cc2ccccc2c1Br. The monoisotopic (exact) mass is 476 g/mol. The number of ether oxygens (including phenoxy) is 1. The van der Waals surface area contributed by atoms with Crippen molar-refractivity contribution in [1.82, 2.24) is 19.8 Å². The average Bonchev–Trinajstić information content (AvgIpc) is 3.47. The Morgan fingerprint density at radius 3 is 2.63 bits per heavy atom. The third kappa shape index (κ3) is 2.57. The maximum atomic E-state index is 5.97. The molecule has 3 heterocycles. The first kappa shape index (κ1) is 17.6. The summed E-state index contributed by atoms with van der Waals surface area (Å²) in [6.45, 7) is 0. The largest absolute Gasteiger partial charge is 0.495 e. The molecule has 0 saturated carbocycles. The summed E-state index contributed by atoms with van der Waals surface area (Å²) in [7, 11) is 1.67. The van der Waals surface area contributed by atoms with Gasteiger partial charge in [0.2, 0.25) is 10.8 Å². The van der Waals surface area contributed by atoms with Gasteiger partial charge in [-0.1, -0.05) is 53.8 Å². The number of para-hydroxylation sites is 1. The molecule has 6 nitrogen and oxygen atoms in total. The van der Waals surface area contributed by atoms with Gasteiger partial charge in [0.25, 0.3) is 0 Å². The van der Waals surface area contributed by atoms with Crippen LogP contribution >= 0.6 is 27.3 Å². The highest BCUT2D eigenvalue weighted by Gasteiger charge is 2.21. The van der Waals surface area contributed by atoms with Crippen molar-refractivity contribution in [2.75, 3.05) is 7.11 Å². The van der Waals surface area contributed by atoms with Crippen molar-refractivity contribution in [3.8, 4) is 27.9 Å². The highest BCUT2D eigenvalue weighted by molar-refractivity contribution is 9.10. The molecule has 0 unspecified atom stereocenters. The van der Waals surface area contributed by atoms with Crippen LogP contribution in [0.3, 0.4) is 0 Å². The Balaban J connectivity index is 1.55. The second-order valence-corrected chi connectivity index (χ2v) is 8.52. The fourth-order valence-electron chi connectivity index (χ4n) is 3.61. The molecular weight excluding hydrogens is 464 g/mol. The number of aromatic nitrogens is 4. The minimum atomic E-state index is 0.572. The lowest BCUT2D eigenvalue weighted by Gasteiger charge is -2.11. The van der Waals surface area contributed by atoms with Crippen LogP contribution in [0, 0.1) is 0 Å². The lowest BCUT2D eigenvalue weighted by molar-refractivity contribution is 0.414. The lowest BCUT2D eigenvalue weighted by atomic mass is 10.1. The van der Waals surface area contributed by atoms with Crippen molar-refractivity contribution < 1.29 is 9.15 Å². The van der Waals surface area contributed by atoms with Crippen LogP contribution in [0.2, 0.25) is 0 Å². The van der Waals surface area contributed by atoms with Gasteiger partial charge in [0, 0.05) is 5.39 Å². The molecule has 0 amide bonds. The van der Waals surface area contributed by atoms with Crippen molar-refractivity contribution in [2.24, 2.45) is 0 Å². The van der Waals surface area contributed by atoms with Crippen LogP contribution in [-0.2, 0) is 0 Å². The van der Waals surface area contributed by atoms with E-state index in [-0.39, 0.29) is 0 Å². The molecule has 0 aliphatic heterocycles. The molecular formula is C22H13BrN4O2S. The fourth-order valence-corrected chi connectivity index (χ4v) is 5.20. The Labute approximate surface area is 182 Å². The number of furan rings is 1. The zero-order valence-corrected chi connectivity index (χ0v) is 18.1. The van der Waals surface area contributed by atoms with Gasteiger partial charge in [-0.15, -0.1) is 10.2 Å². The Bertz CT molecular complexity index is 1530. The lowest BCUT2D eigenvalue weighted by Crippen LogP contribution is -1.93. The minimum absolute atomic E-state index is 0.572. The van der Waals surface area contributed by atoms with Gasteiger partial charge < -0.3 is 9.15 Å². The van der Waals surface area contributed by atoms with E-state index in [0.717, 1.165) is 42.5 Å². The van der Waals surface area contributed by atoms with Crippen LogP contribution in [0.15, 0.2) is 69.6 Å². The van der Waals surface area contributed by atoms with E-state index in [1.54, 1.807) is 11.6 Å². The number of nitrogens with zero attached hydrogens (tertiary/aromatic N) is 4. The van der Waals surface area contributed by atoms with E-state index in [0.29, 0.717) is 16.5 Å². The van der Waals surface area contributed by atoms with Crippen LogP contribution in [0.4, 0.5) is 0 Å². The van der Waals surface area contributed by atoms with E-state index in [1.165, 1.54) is 11.3 Å². The highest BCUT2D eigenvalue weighted by atomic mass is 79.9. The second-order valence-electron chi connectivity index (χ2n) is 6.77. The molecule has 0 fully saturated rings. The standard InChI is InChI=1S/C22H13BrN4O2S/c1-28-19-15(10-12-6-2-4-8-14(12)18(19)23)21-26-27-20(24-25-22(27)30-21)17-11-13-7-3-5-9-16(13)29-17/h2-11H,1H3. The summed E-state index contributed by atoms with van der Waals surface area (Å²) < 4.78 is 14.3. The molecule has 6 aromatic rings. The van der Waals surface area contributed by atoms with Gasteiger partial charge >= 0.3 is 0 Å². The van der Waals surface area contributed by atoms with Gasteiger partial charge in [-0.2, -0.15) is 9.61 Å². The third-order valence-electron chi connectivity index (χ3n) is 5.01. The third-order valence-corrected chi connectivity index (χ3v) is 6.73. The minimum Gasteiger partial charge on any atom is -0.495 e. The smallest absolute Gasteiger partial charge is 0.235 e. The molecule has 8 heteroatoms. The molecule has 0 atom stereocenters. The molecule has 6 rings (SSSR count). The summed E-state index contributed by atoms with van der Waals surface area (Å²) >= 11 is 5.15. The van der Waals surface area contributed by atoms with E-state index in [9.17, 15) is 0 Å². The summed E-state index contributed by atoms with van der Waals surface area (Å²) in [4.78, 5) is 0.687. The Hall–Kier alpha value is -3.23. The number of hydrogen-bond donors (Lipinski definition) is 0. The van der Waals surface area contributed by atoms with E-state index < -0.39 is 0 Å². The van der Waals surface area contributed by atoms with Gasteiger partial charge in [0.05, 0.1) is 17.1 Å². The predicted octanol–water partition coefficient (Wildman–Crippen LogP) is 6.19. The topological polar surface area (TPSA) is 65.5 Å². The van der Waals surface area contributed by atoms with Gasteiger partial charge in [0.1, 0.15) is 11.3 Å². The molecule has 30 heavy (non-hydrogen) atoms. The molecule has 3 aromatic carbocycles. The van der Waals surface area contributed by atoms with Crippen LogP contribution in [0.1, 0.15) is 0 Å². The first-order valence-corrected chi connectivity index (χ1v) is 10.8. The van der Waals surface area contributed by atoms with Crippen molar-refractivity contribution in [1.29, 1.82) is 0 Å². The Morgan fingerprint density at radius 2 is 1.80 bits per heavy atom. The molecule has 3 aromatic heterocycles. The van der Waals surface area contributed by atoms with Gasteiger partial charge in [-0.25, -0.2) is 0 Å². The van der Waals surface area contributed by atoms with Crippen LogP contribution in [0.5, 0.6) is 5.75 Å². The highest BCUT2D eigenvalue weighted by Crippen LogP contribution is 2.43. The number of benzene rings is 3. The molecule has 0 aliphatic carbocycles. The van der Waals surface area contributed by atoms with Gasteiger partial charge in [0.15, 0.2) is 10.8 Å². The normalized spacial score (nSPS) is 11.7. The summed E-state index contributed by atoms with van der Waals surface area (Å²) in [6, 6.07) is 20.1. The van der Waals surface area contributed by atoms with E-state index in [4.69, 9.17) is 14.3 Å². The number of hydrogen-bond acceptors (Lipinski definition) is 6. The summed E-state index contributed by atoms with van der Waals surface area (Å²) in [5.41, 5.74) is 1.70. The van der Waals surface area contributed by atoms with Gasteiger partial charge in [-0.3, -0.25) is 0 Å². The first-order chi connectivity index (χ1) is 14.7. The molecule has 146 valence electrons. The number of methoxy groups -OCH3 is 1. The van der Waals surface area contributed by atoms with Gasteiger partial charge in [-0.05, 0) is 44.9 Å². The molecule has 0 saturated heterocycles. The average molecular weight is 477 g/mol. The molecule has 0 radical (unpaired) electrons. The second kappa shape index (κ2) is 6.65. The van der Waals surface area contributed by atoms with Crippen molar-refractivity contribution in [3.05, 3.63) is 65.1 Å². The predicted molar refractivity (Wildman–Crippen MR) is 121 cm³/mol. The maximum Gasteiger partial charge on any atom is 0.235 e. The molecule has 0 bridgehead atoms. The number of halogens is 1. The Morgan fingerprint density at radius 1 is 1.00 bits per heavy atom. The fraction of sp³-hybridized carbons (Fsp3) is 0.0455. The van der Waals surface area contributed by atoms with Crippen molar-refractivity contribution >= 4 is 54.0 Å². The molecule has 0 spiro atoms. The zero-order valence-electron chi connectivity index (χ0n) is 15.7. The summed E-state index contributed by atoms with van der Waals surface area (Å²) in [6.07, 6.45) is 0. The quantitative estimate of drug-likeness (QED) is 0.304. The van der Waals surface area contributed by atoms with Crippen LogP contribution < -0.4 is 4.74 Å². The van der Waals surface area contributed by atoms with E-state index in [1.807, 2.05) is 42.5 Å². The maximum absolute atomic E-state index is 5.97.